The van der Waals surface area contributed by atoms with E-state index in [4.69, 9.17) is 5.11 Å². The highest BCUT2D eigenvalue weighted by Crippen LogP contribution is 2.19. The maximum Gasteiger partial charge on any atom is 0.317 e. The van der Waals surface area contributed by atoms with E-state index in [9.17, 15) is 4.79 Å². The molecule has 0 heterocycles. The van der Waals surface area contributed by atoms with Crippen LogP contribution in [0.15, 0.2) is 91.0 Å². The number of carboxylic acids is 1. The summed E-state index contributed by atoms with van der Waals surface area (Å²) in [5, 5.41) is 8.93. The first kappa shape index (κ1) is 20.1. The number of aliphatic carboxylic acids is 1. The molecule has 3 rings (SSSR count). The van der Waals surface area contributed by atoms with Crippen LogP contribution >= 0.6 is 0 Å². The van der Waals surface area contributed by atoms with Crippen molar-refractivity contribution in [2.45, 2.75) is 0 Å². The van der Waals surface area contributed by atoms with Crippen molar-refractivity contribution in [2.24, 2.45) is 0 Å². The van der Waals surface area contributed by atoms with Crippen molar-refractivity contribution in [3.05, 3.63) is 102 Å². The van der Waals surface area contributed by atoms with E-state index in [0.717, 1.165) is 22.3 Å². The molecule has 0 saturated carbocycles. The summed E-state index contributed by atoms with van der Waals surface area (Å²) < 4.78 is 0. The number of likely N-dealkylation sites (N-methyl/N-ethyl adjacent to an activating group) is 1. The third kappa shape index (κ3) is 6.21. The smallest absolute Gasteiger partial charge is 0.317 e. The lowest BCUT2D eigenvalue weighted by Gasteiger charge is -2.11. The van der Waals surface area contributed by atoms with Gasteiger partial charge < -0.3 is 5.11 Å². The lowest BCUT2D eigenvalue weighted by Crippen LogP contribution is -2.25. The fraction of sp³-hybridized carbons (Fsp3) is 0.115. The lowest BCUT2D eigenvalue weighted by atomic mass is 10.0. The lowest BCUT2D eigenvalue weighted by molar-refractivity contribution is -0.137. The molecule has 1 N–H and O–H groups in total. The number of rotatable bonds is 6. The fourth-order valence-electron chi connectivity index (χ4n) is 2.92. The van der Waals surface area contributed by atoms with Crippen LogP contribution in [-0.4, -0.2) is 36.1 Å². The van der Waals surface area contributed by atoms with E-state index < -0.39 is 5.97 Å². The number of hydrogen-bond donors (Lipinski definition) is 1. The van der Waals surface area contributed by atoms with Crippen molar-refractivity contribution in [2.75, 3.05) is 20.1 Å². The van der Waals surface area contributed by atoms with Crippen LogP contribution in [0, 0.1) is 11.8 Å². The molecule has 0 amide bonds. The Balaban J connectivity index is 1.81. The van der Waals surface area contributed by atoms with Crippen molar-refractivity contribution >= 4 is 11.5 Å². The van der Waals surface area contributed by atoms with E-state index in [1.165, 1.54) is 5.56 Å². The van der Waals surface area contributed by atoms with Gasteiger partial charge in [0.2, 0.25) is 0 Å². The minimum atomic E-state index is -0.841. The summed E-state index contributed by atoms with van der Waals surface area (Å²) in [6.07, 6.45) is 1.98. The summed E-state index contributed by atoms with van der Waals surface area (Å²) in [6, 6.07) is 28.4. The quantitative estimate of drug-likeness (QED) is 0.623. The predicted molar refractivity (Wildman–Crippen MR) is 118 cm³/mol. The van der Waals surface area contributed by atoms with Crippen molar-refractivity contribution in [3.63, 3.8) is 0 Å². The Labute approximate surface area is 171 Å². The monoisotopic (exact) mass is 381 g/mol. The van der Waals surface area contributed by atoms with Gasteiger partial charge in [-0.3, -0.25) is 9.69 Å². The second kappa shape index (κ2) is 10.1. The van der Waals surface area contributed by atoms with Crippen molar-refractivity contribution < 1.29 is 9.90 Å². The van der Waals surface area contributed by atoms with Crippen LogP contribution in [0.1, 0.15) is 11.1 Å². The summed E-state index contributed by atoms with van der Waals surface area (Å²) in [6.45, 7) is 0.505. The van der Waals surface area contributed by atoms with Gasteiger partial charge in [-0.25, -0.2) is 0 Å². The number of carboxylic acid groups (broad SMARTS) is 1. The molecule has 0 aliphatic rings. The fourth-order valence-corrected chi connectivity index (χ4v) is 2.92. The zero-order valence-electron chi connectivity index (χ0n) is 16.4. The van der Waals surface area contributed by atoms with E-state index in [0.29, 0.717) is 6.54 Å². The number of allylic oxidation sites excluding steroid dienone is 1. The highest BCUT2D eigenvalue weighted by atomic mass is 16.4. The van der Waals surface area contributed by atoms with Crippen LogP contribution in [0.2, 0.25) is 0 Å². The molecule has 0 radical (unpaired) electrons. The van der Waals surface area contributed by atoms with Crippen molar-refractivity contribution in [3.8, 4) is 23.0 Å². The molecule has 0 fully saturated rings. The summed E-state index contributed by atoms with van der Waals surface area (Å²) in [4.78, 5) is 12.6. The first-order valence-corrected chi connectivity index (χ1v) is 9.45. The Morgan fingerprint density at radius 3 is 2.10 bits per heavy atom. The largest absolute Gasteiger partial charge is 0.480 e. The average molecular weight is 381 g/mol. The van der Waals surface area contributed by atoms with Crippen molar-refractivity contribution in [1.82, 2.24) is 4.90 Å². The molecule has 0 aliphatic carbocycles. The van der Waals surface area contributed by atoms with Gasteiger partial charge in [0.05, 0.1) is 6.54 Å². The predicted octanol–water partition coefficient (Wildman–Crippen LogP) is 4.81. The Hall–Kier alpha value is -3.61. The Kier molecular flexibility index (Phi) is 7.00. The SMILES string of the molecule is CN(CC=C(C#Cc1ccc(-c2ccccc2)cc1)c1ccccc1)CC(=O)O. The first-order valence-electron chi connectivity index (χ1n) is 9.45. The van der Waals surface area contributed by atoms with Crippen LogP contribution in [0.5, 0.6) is 0 Å². The Morgan fingerprint density at radius 1 is 0.897 bits per heavy atom. The van der Waals surface area contributed by atoms with Gasteiger partial charge in [0.1, 0.15) is 0 Å². The van der Waals surface area contributed by atoms with Gasteiger partial charge in [-0.2, -0.15) is 0 Å². The van der Waals surface area contributed by atoms with Gasteiger partial charge in [0, 0.05) is 17.7 Å². The molecule has 0 aromatic heterocycles. The zero-order valence-corrected chi connectivity index (χ0v) is 16.4. The molecule has 3 nitrogen and oxygen atoms in total. The van der Waals surface area contributed by atoms with E-state index in [2.05, 4.69) is 36.1 Å². The van der Waals surface area contributed by atoms with Crippen LogP contribution in [0.25, 0.3) is 16.7 Å². The van der Waals surface area contributed by atoms with Crippen LogP contribution in [-0.2, 0) is 4.79 Å². The first-order chi connectivity index (χ1) is 14.1. The minimum Gasteiger partial charge on any atom is -0.480 e. The zero-order chi connectivity index (χ0) is 20.5. The van der Waals surface area contributed by atoms with Gasteiger partial charge >= 0.3 is 5.97 Å². The van der Waals surface area contributed by atoms with Crippen LogP contribution < -0.4 is 0 Å². The van der Waals surface area contributed by atoms with Crippen molar-refractivity contribution in [1.29, 1.82) is 0 Å². The van der Waals surface area contributed by atoms with Gasteiger partial charge in [0.25, 0.3) is 0 Å². The molecule has 0 bridgehead atoms. The van der Waals surface area contributed by atoms with E-state index in [-0.39, 0.29) is 6.54 Å². The number of benzene rings is 3. The topological polar surface area (TPSA) is 40.5 Å². The molecule has 0 spiro atoms. The molecule has 0 atom stereocenters. The van der Waals surface area contributed by atoms with Gasteiger partial charge in [-0.1, -0.05) is 90.7 Å². The molecular weight excluding hydrogens is 358 g/mol. The minimum absolute atomic E-state index is 0.00700. The normalized spacial score (nSPS) is 11.0. The molecular formula is C26H23NO2. The van der Waals surface area contributed by atoms with E-state index in [1.54, 1.807) is 11.9 Å². The molecule has 0 saturated heterocycles. The average Bonchev–Trinajstić information content (AvgIpc) is 2.75. The molecule has 3 aromatic rings. The maximum absolute atomic E-state index is 10.9. The second-order valence-electron chi connectivity index (χ2n) is 6.77. The number of nitrogens with zero attached hydrogens (tertiary/aromatic N) is 1. The highest BCUT2D eigenvalue weighted by Gasteiger charge is 2.04. The number of carbonyl (C=O) groups is 1. The summed E-state index contributed by atoms with van der Waals surface area (Å²) in [5.74, 6) is 5.65. The third-order valence-electron chi connectivity index (χ3n) is 4.43. The standard InChI is InChI=1S/C26H23NO2/c1-27(20-26(28)29)19-18-25(23-10-6-3-7-11-23)17-14-21-12-15-24(16-13-21)22-8-4-2-5-9-22/h2-13,15-16,18H,19-20H2,1H3,(H,28,29). The Bertz CT molecular complexity index is 1030. The molecule has 0 aliphatic heterocycles. The van der Waals surface area contributed by atoms with Gasteiger partial charge in [0.15, 0.2) is 0 Å². The third-order valence-corrected chi connectivity index (χ3v) is 4.43. The van der Waals surface area contributed by atoms with E-state index in [1.807, 2.05) is 66.7 Å². The number of hydrogen-bond acceptors (Lipinski definition) is 2. The summed E-state index contributed by atoms with van der Waals surface area (Å²) >= 11 is 0. The molecule has 3 heteroatoms. The molecule has 144 valence electrons. The van der Waals surface area contributed by atoms with Gasteiger partial charge in [-0.05, 0) is 35.9 Å². The molecule has 0 unspecified atom stereocenters. The van der Waals surface area contributed by atoms with Gasteiger partial charge in [-0.15, -0.1) is 0 Å². The highest BCUT2D eigenvalue weighted by molar-refractivity contribution is 5.80. The second-order valence-corrected chi connectivity index (χ2v) is 6.77. The summed E-state index contributed by atoms with van der Waals surface area (Å²) in [7, 11) is 1.78. The maximum atomic E-state index is 10.9. The molecule has 29 heavy (non-hydrogen) atoms. The Morgan fingerprint density at radius 2 is 1.48 bits per heavy atom. The van der Waals surface area contributed by atoms with Crippen LogP contribution in [0.3, 0.4) is 0 Å². The van der Waals surface area contributed by atoms with E-state index >= 15 is 0 Å². The van der Waals surface area contributed by atoms with Crippen LogP contribution in [0.4, 0.5) is 0 Å². The molecule has 3 aromatic carbocycles. The summed E-state index contributed by atoms with van der Waals surface area (Å²) in [5.41, 5.74) is 5.17.